The van der Waals surface area contributed by atoms with Gasteiger partial charge in [0.2, 0.25) is 0 Å². The topological polar surface area (TPSA) is 54.3 Å². The Kier molecular flexibility index (Phi) is 5.06. The van der Waals surface area contributed by atoms with Crippen LogP contribution in [0.25, 0.3) is 11.8 Å². The molecule has 1 aliphatic rings. The zero-order valence-corrected chi connectivity index (χ0v) is 18.1. The molecule has 7 heteroatoms. The maximum Gasteiger partial charge on any atom is 0.282 e. The lowest BCUT2D eigenvalue weighted by Crippen LogP contribution is -2.35. The summed E-state index contributed by atoms with van der Waals surface area (Å²) in [5, 5.41) is 1.88. The van der Waals surface area contributed by atoms with E-state index in [2.05, 4.69) is 21.4 Å². The molecule has 146 valence electrons. The molecule has 1 saturated heterocycles. The van der Waals surface area contributed by atoms with Gasteiger partial charge in [-0.2, -0.15) is 0 Å². The first kappa shape index (κ1) is 19.5. The van der Waals surface area contributed by atoms with Gasteiger partial charge < -0.3 is 4.57 Å². The van der Waals surface area contributed by atoms with Gasteiger partial charge in [0, 0.05) is 21.5 Å². The van der Waals surface area contributed by atoms with E-state index in [4.69, 9.17) is 11.6 Å². The minimum Gasteiger partial charge on any atom is -0.318 e. The molecule has 1 aromatic heterocycles. The number of carbonyl (C=O) groups is 2. The van der Waals surface area contributed by atoms with Crippen molar-refractivity contribution < 1.29 is 9.59 Å². The fourth-order valence-electron chi connectivity index (χ4n) is 3.43. The fraction of sp³-hybridized carbons (Fsp3) is 0.0909. The van der Waals surface area contributed by atoms with Gasteiger partial charge >= 0.3 is 0 Å². The van der Waals surface area contributed by atoms with Gasteiger partial charge in [-0.15, -0.1) is 0 Å². The fourth-order valence-corrected chi connectivity index (χ4v) is 3.85. The highest BCUT2D eigenvalue weighted by Gasteiger charge is 2.34. The summed E-state index contributed by atoms with van der Waals surface area (Å²) >= 11 is 9.65. The third-order valence-corrected chi connectivity index (χ3v) is 6.07. The van der Waals surface area contributed by atoms with Crippen molar-refractivity contribution >= 4 is 51.1 Å². The molecule has 1 aliphatic heterocycles. The van der Waals surface area contributed by atoms with Crippen LogP contribution in [0.2, 0.25) is 5.02 Å². The van der Waals surface area contributed by atoms with Gasteiger partial charge in [-0.1, -0.05) is 29.8 Å². The summed E-state index contributed by atoms with van der Waals surface area (Å²) in [5.41, 5.74) is 6.93. The summed E-state index contributed by atoms with van der Waals surface area (Å²) in [6.45, 7) is 3.92. The molecule has 2 aromatic carbocycles. The number of hydrazine groups is 1. The standard InChI is InChI=1S/C22H17BrClN3O2/c1-13-10-15(14(2)26(13)17-8-9-19(23)20(24)12-17)11-18-21(28)25-27(22(18)29)16-6-4-3-5-7-16/h3-12H,1-2H3,(H,25,28)/b18-11-. The van der Waals surface area contributed by atoms with Crippen molar-refractivity contribution in [3.63, 3.8) is 0 Å². The van der Waals surface area contributed by atoms with Crippen LogP contribution in [0.15, 0.2) is 64.6 Å². The number of nitrogens with one attached hydrogen (secondary N) is 1. The van der Waals surface area contributed by atoms with Crippen molar-refractivity contribution in [2.24, 2.45) is 0 Å². The number of benzene rings is 2. The van der Waals surface area contributed by atoms with E-state index in [1.54, 1.807) is 18.2 Å². The van der Waals surface area contributed by atoms with E-state index in [9.17, 15) is 9.59 Å². The number of halogens is 2. The van der Waals surface area contributed by atoms with Crippen LogP contribution in [0.4, 0.5) is 5.69 Å². The highest BCUT2D eigenvalue weighted by molar-refractivity contribution is 9.10. The molecule has 4 rings (SSSR count). The van der Waals surface area contributed by atoms with E-state index in [0.717, 1.165) is 27.1 Å². The molecular weight excluding hydrogens is 454 g/mol. The Morgan fingerprint density at radius 2 is 1.72 bits per heavy atom. The Morgan fingerprint density at radius 1 is 1.00 bits per heavy atom. The molecule has 0 bridgehead atoms. The predicted molar refractivity (Wildman–Crippen MR) is 118 cm³/mol. The van der Waals surface area contributed by atoms with Gasteiger partial charge in [0.25, 0.3) is 11.8 Å². The van der Waals surface area contributed by atoms with E-state index in [-0.39, 0.29) is 11.5 Å². The van der Waals surface area contributed by atoms with Gasteiger partial charge in [-0.25, -0.2) is 5.01 Å². The average molecular weight is 471 g/mol. The Morgan fingerprint density at radius 3 is 2.41 bits per heavy atom. The smallest absolute Gasteiger partial charge is 0.282 e. The molecule has 2 amide bonds. The van der Waals surface area contributed by atoms with Crippen molar-refractivity contribution in [3.05, 3.63) is 86.6 Å². The number of carbonyl (C=O) groups excluding carboxylic acids is 2. The molecule has 0 saturated carbocycles. The van der Waals surface area contributed by atoms with Crippen LogP contribution in [0, 0.1) is 13.8 Å². The number of nitrogens with zero attached hydrogens (tertiary/aromatic N) is 2. The number of amides is 2. The first-order chi connectivity index (χ1) is 13.9. The lowest BCUT2D eigenvalue weighted by atomic mass is 10.1. The second-order valence-corrected chi connectivity index (χ2v) is 8.00. The summed E-state index contributed by atoms with van der Waals surface area (Å²) in [6, 6.07) is 16.7. The Bertz CT molecular complexity index is 1170. The lowest BCUT2D eigenvalue weighted by molar-refractivity contribution is -0.117. The third kappa shape index (κ3) is 3.50. The van der Waals surface area contributed by atoms with Gasteiger partial charge in [-0.3, -0.25) is 15.0 Å². The van der Waals surface area contributed by atoms with Crippen LogP contribution in [-0.2, 0) is 9.59 Å². The van der Waals surface area contributed by atoms with Crippen LogP contribution < -0.4 is 10.4 Å². The maximum atomic E-state index is 12.8. The monoisotopic (exact) mass is 469 g/mol. The second kappa shape index (κ2) is 7.54. The molecular formula is C22H17BrClN3O2. The molecule has 0 spiro atoms. The summed E-state index contributed by atoms with van der Waals surface area (Å²) in [5.74, 6) is -0.798. The van der Waals surface area contributed by atoms with Gasteiger partial charge in [0.05, 0.1) is 10.7 Å². The molecule has 1 fully saturated rings. The molecule has 0 radical (unpaired) electrons. The molecule has 1 N–H and O–H groups in total. The van der Waals surface area contributed by atoms with E-state index in [1.807, 2.05) is 60.9 Å². The van der Waals surface area contributed by atoms with Crippen molar-refractivity contribution in [2.45, 2.75) is 13.8 Å². The summed E-state index contributed by atoms with van der Waals surface area (Å²) in [4.78, 5) is 25.3. The SMILES string of the molecule is Cc1cc(/C=C2/C(=O)NN(c3ccccc3)C2=O)c(C)n1-c1ccc(Br)c(Cl)c1. The Balaban J connectivity index is 1.73. The molecule has 0 aliphatic carbocycles. The largest absolute Gasteiger partial charge is 0.318 e. The average Bonchev–Trinajstić information content (AvgIpc) is 3.15. The van der Waals surface area contributed by atoms with E-state index in [0.29, 0.717) is 10.7 Å². The first-order valence-corrected chi connectivity index (χ1v) is 10.1. The number of aromatic nitrogens is 1. The first-order valence-electron chi connectivity index (χ1n) is 8.93. The summed E-state index contributed by atoms with van der Waals surface area (Å²) in [6.07, 6.45) is 1.64. The Hall–Kier alpha value is -2.83. The number of hydrogen-bond acceptors (Lipinski definition) is 2. The maximum absolute atomic E-state index is 12.8. The molecule has 0 atom stereocenters. The zero-order chi connectivity index (χ0) is 20.7. The third-order valence-electron chi connectivity index (χ3n) is 4.84. The van der Waals surface area contributed by atoms with Gasteiger partial charge in [-0.05, 0) is 77.8 Å². The van der Waals surface area contributed by atoms with E-state index < -0.39 is 5.91 Å². The highest BCUT2D eigenvalue weighted by atomic mass is 79.9. The minimum absolute atomic E-state index is 0.0999. The number of hydrogen-bond donors (Lipinski definition) is 1. The van der Waals surface area contributed by atoms with E-state index >= 15 is 0 Å². The van der Waals surface area contributed by atoms with Crippen molar-refractivity contribution in [1.29, 1.82) is 0 Å². The molecule has 0 unspecified atom stereocenters. The minimum atomic E-state index is -0.421. The second-order valence-electron chi connectivity index (χ2n) is 6.74. The normalized spacial score (nSPS) is 15.3. The van der Waals surface area contributed by atoms with Gasteiger partial charge in [0.15, 0.2) is 0 Å². The predicted octanol–water partition coefficient (Wildman–Crippen LogP) is 4.97. The van der Waals surface area contributed by atoms with Crippen LogP contribution in [-0.4, -0.2) is 16.4 Å². The van der Waals surface area contributed by atoms with Crippen molar-refractivity contribution in [1.82, 2.24) is 9.99 Å². The highest BCUT2D eigenvalue weighted by Crippen LogP contribution is 2.29. The van der Waals surface area contributed by atoms with Crippen LogP contribution in [0.1, 0.15) is 17.0 Å². The number of rotatable bonds is 3. The van der Waals surface area contributed by atoms with Gasteiger partial charge in [0.1, 0.15) is 5.57 Å². The van der Waals surface area contributed by atoms with Crippen LogP contribution in [0.5, 0.6) is 0 Å². The van der Waals surface area contributed by atoms with Crippen molar-refractivity contribution in [2.75, 3.05) is 5.01 Å². The zero-order valence-electron chi connectivity index (χ0n) is 15.7. The molecule has 5 nitrogen and oxygen atoms in total. The molecule has 29 heavy (non-hydrogen) atoms. The summed E-state index contributed by atoms with van der Waals surface area (Å²) < 4.78 is 2.86. The van der Waals surface area contributed by atoms with Crippen LogP contribution in [0.3, 0.4) is 0 Å². The van der Waals surface area contributed by atoms with Crippen LogP contribution >= 0.6 is 27.5 Å². The number of anilines is 1. The van der Waals surface area contributed by atoms with Crippen molar-refractivity contribution in [3.8, 4) is 5.69 Å². The number of aryl methyl sites for hydroxylation is 1. The molecule has 2 heterocycles. The van der Waals surface area contributed by atoms with E-state index in [1.165, 1.54) is 5.01 Å². The summed E-state index contributed by atoms with van der Waals surface area (Å²) in [7, 11) is 0. The lowest BCUT2D eigenvalue weighted by Gasteiger charge is -2.13. The Labute approximate surface area is 181 Å². The quantitative estimate of drug-likeness (QED) is 0.434. The molecule has 3 aromatic rings. The number of para-hydroxylation sites is 1.